The number of anilines is 1. The summed E-state index contributed by atoms with van der Waals surface area (Å²) in [5.74, 6) is 0.963. The van der Waals surface area contributed by atoms with Gasteiger partial charge in [-0.2, -0.15) is 0 Å². The van der Waals surface area contributed by atoms with Gasteiger partial charge >= 0.3 is 0 Å². The van der Waals surface area contributed by atoms with Crippen LogP contribution in [-0.4, -0.2) is 106 Å². The molecule has 2 aromatic carbocycles. The van der Waals surface area contributed by atoms with Crippen LogP contribution in [0.2, 0.25) is 5.02 Å². The van der Waals surface area contributed by atoms with E-state index in [1.807, 2.05) is 31.2 Å². The van der Waals surface area contributed by atoms with Crippen molar-refractivity contribution in [2.24, 2.45) is 0 Å². The number of rotatable bonds is 9. The minimum atomic E-state index is -3.24. The second kappa shape index (κ2) is 14.2. The van der Waals surface area contributed by atoms with Crippen molar-refractivity contribution >= 4 is 38.9 Å². The van der Waals surface area contributed by atoms with E-state index in [-0.39, 0.29) is 30.7 Å². The number of nitrogens with one attached hydrogen (secondary N) is 1. The Kier molecular flexibility index (Phi) is 11.2. The zero-order valence-electron chi connectivity index (χ0n) is 23.8. The van der Waals surface area contributed by atoms with Crippen molar-refractivity contribution in [1.29, 1.82) is 0 Å². The second-order valence-electron chi connectivity index (χ2n) is 10.0. The summed E-state index contributed by atoms with van der Waals surface area (Å²) in [6.45, 7) is 8.26. The topological polar surface area (TPSA) is 108 Å². The molecule has 2 aromatic rings. The van der Waals surface area contributed by atoms with Crippen molar-refractivity contribution in [1.82, 2.24) is 14.7 Å². The number of ether oxygens (including phenoxy) is 2. The van der Waals surface area contributed by atoms with E-state index in [4.69, 9.17) is 21.1 Å². The number of amides is 2. The van der Waals surface area contributed by atoms with E-state index in [0.29, 0.717) is 28.4 Å². The second-order valence-corrected chi connectivity index (χ2v) is 12.6. The van der Waals surface area contributed by atoms with E-state index in [1.165, 1.54) is 4.90 Å². The number of fused-ring (bicyclic) bond motifs is 1. The summed E-state index contributed by atoms with van der Waals surface area (Å²) in [5, 5.41) is 3.28. The zero-order chi connectivity index (χ0) is 29.4. The molecule has 0 unspecified atom stereocenters. The predicted octanol–water partition coefficient (Wildman–Crippen LogP) is 3.01. The number of nitrogens with zero attached hydrogens (tertiary/aromatic N) is 3. The Labute approximate surface area is 242 Å². The van der Waals surface area contributed by atoms with Crippen LogP contribution in [0.3, 0.4) is 0 Å². The third-order valence-corrected chi connectivity index (χ3v) is 8.18. The van der Waals surface area contributed by atoms with Gasteiger partial charge in [-0.05, 0) is 45.2 Å². The Bertz CT molecular complexity index is 1300. The third-order valence-electron chi connectivity index (χ3n) is 6.74. The SMILES string of the molecule is CCOc1ccccc1OC.C[C@@H](CS(C)(=O)=O)N1Cc2c(Cl)ccc(NC(=O)CN3CCN(C)CC3)c2C1=O. The van der Waals surface area contributed by atoms with Crippen molar-refractivity contribution in [2.45, 2.75) is 26.4 Å². The summed E-state index contributed by atoms with van der Waals surface area (Å²) in [6.07, 6.45) is 1.15. The van der Waals surface area contributed by atoms with Gasteiger partial charge in [-0.15, -0.1) is 0 Å². The molecule has 0 aromatic heterocycles. The molecule has 220 valence electrons. The summed E-state index contributed by atoms with van der Waals surface area (Å²) in [6, 6.07) is 10.4. The Balaban J connectivity index is 0.000000336. The molecule has 40 heavy (non-hydrogen) atoms. The molecular formula is C28H39ClN4O6S. The quantitative estimate of drug-likeness (QED) is 0.472. The third kappa shape index (κ3) is 8.57. The summed E-state index contributed by atoms with van der Waals surface area (Å²) in [5.41, 5.74) is 1.39. The summed E-state index contributed by atoms with van der Waals surface area (Å²) >= 11 is 6.29. The molecule has 2 heterocycles. The highest BCUT2D eigenvalue weighted by Gasteiger charge is 2.36. The first-order chi connectivity index (χ1) is 18.9. The largest absolute Gasteiger partial charge is 0.493 e. The molecule has 0 spiro atoms. The fourth-order valence-corrected chi connectivity index (χ4v) is 5.96. The van der Waals surface area contributed by atoms with E-state index >= 15 is 0 Å². The number of methoxy groups -OCH3 is 1. The van der Waals surface area contributed by atoms with Crippen LogP contribution in [0, 0.1) is 0 Å². The average molecular weight is 595 g/mol. The number of para-hydroxylation sites is 2. The van der Waals surface area contributed by atoms with E-state index in [9.17, 15) is 18.0 Å². The zero-order valence-corrected chi connectivity index (χ0v) is 25.3. The molecule has 10 nitrogen and oxygen atoms in total. The van der Waals surface area contributed by atoms with Gasteiger partial charge < -0.3 is 24.6 Å². The molecule has 4 rings (SSSR count). The van der Waals surface area contributed by atoms with Crippen LogP contribution in [0.1, 0.15) is 29.8 Å². The maximum absolute atomic E-state index is 13.0. The molecule has 12 heteroatoms. The average Bonchev–Trinajstić information content (AvgIpc) is 3.25. The van der Waals surface area contributed by atoms with Crippen molar-refractivity contribution in [3.8, 4) is 11.5 Å². The molecule has 1 atom stereocenters. The molecule has 0 aliphatic carbocycles. The minimum Gasteiger partial charge on any atom is -0.493 e. The van der Waals surface area contributed by atoms with Crippen LogP contribution < -0.4 is 14.8 Å². The van der Waals surface area contributed by atoms with E-state index < -0.39 is 15.9 Å². The maximum Gasteiger partial charge on any atom is 0.256 e. The number of sulfone groups is 1. The first kappa shape index (κ1) is 31.7. The van der Waals surface area contributed by atoms with Crippen LogP contribution in [-0.2, 0) is 21.2 Å². The summed E-state index contributed by atoms with van der Waals surface area (Å²) in [4.78, 5) is 31.3. The maximum atomic E-state index is 13.0. The van der Waals surface area contributed by atoms with E-state index in [2.05, 4.69) is 22.2 Å². The lowest BCUT2D eigenvalue weighted by atomic mass is 10.1. The lowest BCUT2D eigenvalue weighted by Crippen LogP contribution is -2.47. The molecule has 0 bridgehead atoms. The molecule has 2 aliphatic rings. The fraction of sp³-hybridized carbons (Fsp3) is 0.500. The Morgan fingerprint density at radius 1 is 1.10 bits per heavy atom. The van der Waals surface area contributed by atoms with Crippen molar-refractivity contribution in [2.75, 3.05) is 70.8 Å². The summed E-state index contributed by atoms with van der Waals surface area (Å²) in [7, 11) is 0.452. The molecule has 1 saturated heterocycles. The number of hydrogen-bond donors (Lipinski definition) is 1. The molecule has 0 saturated carbocycles. The fourth-order valence-electron chi connectivity index (χ4n) is 4.69. The first-order valence-corrected chi connectivity index (χ1v) is 15.6. The van der Waals surface area contributed by atoms with Crippen LogP contribution in [0.25, 0.3) is 0 Å². The van der Waals surface area contributed by atoms with Gasteiger partial charge in [-0.25, -0.2) is 8.42 Å². The lowest BCUT2D eigenvalue weighted by Gasteiger charge is -2.31. The molecule has 1 fully saturated rings. The Morgan fingerprint density at radius 2 is 1.75 bits per heavy atom. The monoisotopic (exact) mass is 594 g/mol. The molecule has 1 N–H and O–H groups in total. The van der Waals surface area contributed by atoms with Gasteiger partial charge in [0.15, 0.2) is 11.5 Å². The van der Waals surface area contributed by atoms with Gasteiger partial charge in [0.05, 0.1) is 37.3 Å². The number of carbonyl (C=O) groups excluding carboxylic acids is 2. The Hall–Kier alpha value is -2.86. The number of hydrogen-bond acceptors (Lipinski definition) is 8. The number of piperazine rings is 1. The number of likely N-dealkylation sites (N-methyl/N-ethyl adjacent to an activating group) is 1. The smallest absolute Gasteiger partial charge is 0.256 e. The molecule has 0 radical (unpaired) electrons. The Morgan fingerprint density at radius 3 is 2.35 bits per heavy atom. The van der Waals surface area contributed by atoms with Gasteiger partial charge in [0, 0.05) is 55.6 Å². The highest BCUT2D eigenvalue weighted by molar-refractivity contribution is 7.90. The highest BCUT2D eigenvalue weighted by atomic mass is 35.5. The van der Waals surface area contributed by atoms with Gasteiger partial charge in [0.1, 0.15) is 9.84 Å². The van der Waals surface area contributed by atoms with Crippen molar-refractivity contribution in [3.05, 3.63) is 52.5 Å². The molecular weight excluding hydrogens is 556 g/mol. The number of carbonyl (C=O) groups is 2. The van der Waals surface area contributed by atoms with E-state index in [0.717, 1.165) is 43.9 Å². The van der Waals surface area contributed by atoms with Crippen molar-refractivity contribution < 1.29 is 27.5 Å². The van der Waals surface area contributed by atoms with E-state index in [1.54, 1.807) is 26.2 Å². The number of halogens is 1. The van der Waals surface area contributed by atoms with Crippen LogP contribution >= 0.6 is 11.6 Å². The normalized spacial score (nSPS) is 16.6. The van der Waals surface area contributed by atoms with Gasteiger partial charge in [-0.3, -0.25) is 14.5 Å². The lowest BCUT2D eigenvalue weighted by molar-refractivity contribution is -0.117. The highest BCUT2D eigenvalue weighted by Crippen LogP contribution is 2.35. The van der Waals surface area contributed by atoms with Crippen molar-refractivity contribution in [3.63, 3.8) is 0 Å². The van der Waals surface area contributed by atoms with Crippen LogP contribution in [0.4, 0.5) is 5.69 Å². The summed E-state index contributed by atoms with van der Waals surface area (Å²) < 4.78 is 33.7. The van der Waals surface area contributed by atoms with Crippen LogP contribution in [0.5, 0.6) is 11.5 Å². The predicted molar refractivity (Wildman–Crippen MR) is 157 cm³/mol. The van der Waals surface area contributed by atoms with Gasteiger partial charge in [0.25, 0.3) is 5.91 Å². The minimum absolute atomic E-state index is 0.130. The molecule has 2 aliphatic heterocycles. The number of benzene rings is 2. The first-order valence-electron chi connectivity index (χ1n) is 13.2. The van der Waals surface area contributed by atoms with Crippen LogP contribution in [0.15, 0.2) is 36.4 Å². The van der Waals surface area contributed by atoms with Gasteiger partial charge in [-0.1, -0.05) is 23.7 Å². The molecule has 2 amide bonds. The van der Waals surface area contributed by atoms with Gasteiger partial charge in [0.2, 0.25) is 5.91 Å². The standard InChI is InChI=1S/C19H27ClN4O4S.C9H12O2/c1-13(12-29(3,27)28)24-10-14-15(20)4-5-16(18(14)19(24)26)21-17(25)11-23-8-6-22(2)7-9-23;1-3-11-9-7-5-4-6-8(9)10-2/h4-5,13H,6-12H2,1-3H3,(H,21,25);4-7H,3H2,1-2H3/t13-;/m0./s1.